The third-order valence-electron chi connectivity index (χ3n) is 4.31. The van der Waals surface area contributed by atoms with Gasteiger partial charge in [0.25, 0.3) is 5.91 Å². The first kappa shape index (κ1) is 21.2. The molecule has 0 fully saturated rings. The maximum Gasteiger partial charge on any atom is 0.573 e. The van der Waals surface area contributed by atoms with Crippen molar-refractivity contribution in [2.45, 2.75) is 6.36 Å². The van der Waals surface area contributed by atoms with E-state index in [4.69, 9.17) is 4.74 Å². The van der Waals surface area contributed by atoms with Crippen LogP contribution < -0.4 is 14.8 Å². The number of anilines is 1. The zero-order valence-electron chi connectivity index (χ0n) is 16.3. The molecule has 1 N–H and O–H groups in total. The molecule has 0 saturated carbocycles. The van der Waals surface area contributed by atoms with Crippen LogP contribution in [0.2, 0.25) is 0 Å². The van der Waals surface area contributed by atoms with Crippen LogP contribution in [0.25, 0.3) is 16.9 Å². The number of hydrogen-bond donors (Lipinski definition) is 1. The lowest BCUT2D eigenvalue weighted by atomic mass is 10.1. The van der Waals surface area contributed by atoms with Crippen molar-refractivity contribution in [1.82, 2.24) is 9.38 Å². The number of nitrogens with one attached hydrogen (secondary N) is 1. The Kier molecular flexibility index (Phi) is 5.67. The summed E-state index contributed by atoms with van der Waals surface area (Å²) < 4.78 is 61.8. The average Bonchev–Trinajstić information content (AvgIpc) is 3.09. The van der Waals surface area contributed by atoms with E-state index in [1.165, 1.54) is 28.7 Å². The Balaban J connectivity index is 1.63. The van der Waals surface area contributed by atoms with Crippen molar-refractivity contribution in [3.8, 4) is 22.8 Å². The fraction of sp³-hybridized carbons (Fsp3) is 0.0909. The highest BCUT2D eigenvalue weighted by molar-refractivity contribution is 5.95. The number of fused-ring (bicyclic) bond motifs is 1. The minimum absolute atomic E-state index is 0.0988. The van der Waals surface area contributed by atoms with E-state index in [-0.39, 0.29) is 18.1 Å². The van der Waals surface area contributed by atoms with Gasteiger partial charge in [-0.2, -0.15) is 0 Å². The van der Waals surface area contributed by atoms with E-state index in [9.17, 15) is 22.4 Å². The molecule has 0 unspecified atom stereocenters. The molecule has 0 aliphatic rings. The number of carbonyl (C=O) groups excluding carboxylic acids is 1. The zero-order valence-corrected chi connectivity index (χ0v) is 16.3. The van der Waals surface area contributed by atoms with E-state index in [1.807, 2.05) is 0 Å². The number of pyridine rings is 1. The molecule has 0 aliphatic heterocycles. The van der Waals surface area contributed by atoms with Crippen molar-refractivity contribution in [1.29, 1.82) is 0 Å². The Morgan fingerprint density at radius 2 is 1.69 bits per heavy atom. The van der Waals surface area contributed by atoms with Crippen molar-refractivity contribution < 1.29 is 31.8 Å². The second kappa shape index (κ2) is 8.58. The van der Waals surface area contributed by atoms with Gasteiger partial charge in [-0.25, -0.2) is 9.37 Å². The van der Waals surface area contributed by atoms with Gasteiger partial charge in [-0.1, -0.05) is 18.2 Å². The molecule has 0 atom stereocenters. The molecule has 0 spiro atoms. The van der Waals surface area contributed by atoms with Gasteiger partial charge in [-0.05, 0) is 48.5 Å². The van der Waals surface area contributed by atoms with E-state index >= 15 is 0 Å². The summed E-state index contributed by atoms with van der Waals surface area (Å²) in [5, 5.41) is 2.61. The minimum atomic E-state index is -4.83. The number of nitrogens with zero attached hydrogens (tertiary/aromatic N) is 2. The van der Waals surface area contributed by atoms with Crippen LogP contribution in [0.5, 0.6) is 11.5 Å². The fourth-order valence-electron chi connectivity index (χ4n) is 3.03. The zero-order chi connectivity index (χ0) is 22.7. The summed E-state index contributed by atoms with van der Waals surface area (Å²) in [4.78, 5) is 16.7. The van der Waals surface area contributed by atoms with Crippen molar-refractivity contribution >= 4 is 17.4 Å². The van der Waals surface area contributed by atoms with Crippen LogP contribution in [0.4, 0.5) is 23.4 Å². The van der Waals surface area contributed by atoms with Crippen LogP contribution in [0.15, 0.2) is 72.9 Å². The smallest absolute Gasteiger partial charge is 0.484 e. The predicted octanol–water partition coefficient (Wildman–Crippen LogP) is 5.06. The molecule has 2 aromatic heterocycles. The molecule has 10 heteroatoms. The van der Waals surface area contributed by atoms with E-state index < -0.39 is 23.8 Å². The van der Waals surface area contributed by atoms with Crippen LogP contribution >= 0.6 is 0 Å². The van der Waals surface area contributed by atoms with Gasteiger partial charge in [-0.3, -0.25) is 9.20 Å². The second-order valence-electron chi connectivity index (χ2n) is 6.61. The van der Waals surface area contributed by atoms with Crippen molar-refractivity contribution in [2.75, 3.05) is 11.9 Å². The Hall–Kier alpha value is -4.08. The summed E-state index contributed by atoms with van der Waals surface area (Å²) in [6.07, 6.45) is -3.67. The highest BCUT2D eigenvalue weighted by atomic mass is 19.4. The van der Waals surface area contributed by atoms with Crippen molar-refractivity contribution in [2.24, 2.45) is 0 Å². The molecule has 4 aromatic rings. The normalized spacial score (nSPS) is 11.4. The number of aromatic nitrogens is 2. The summed E-state index contributed by atoms with van der Waals surface area (Å²) in [6.45, 7) is -0.302. The Bertz CT molecular complexity index is 1240. The number of alkyl halides is 3. The largest absolute Gasteiger partial charge is 0.573 e. The first-order chi connectivity index (χ1) is 15.3. The summed E-state index contributed by atoms with van der Waals surface area (Å²) >= 11 is 0. The Morgan fingerprint density at radius 3 is 2.38 bits per heavy atom. The maximum atomic E-state index is 13.9. The van der Waals surface area contributed by atoms with E-state index in [1.54, 1.807) is 30.3 Å². The Morgan fingerprint density at radius 1 is 0.969 bits per heavy atom. The average molecular weight is 445 g/mol. The highest BCUT2D eigenvalue weighted by Crippen LogP contribution is 2.32. The molecule has 2 aromatic carbocycles. The van der Waals surface area contributed by atoms with Crippen molar-refractivity contribution in [3.05, 3.63) is 78.7 Å². The standard InChI is InChI=1S/C22H15F4N3O3/c23-15-8-11-18-27-21(28-19(30)13-31-16-4-2-1-3-5-16)20(29(18)12-15)14-6-9-17(10-7-14)32-22(24,25)26/h1-12H,13H2,(H,28,30). The lowest BCUT2D eigenvalue weighted by Gasteiger charge is -2.11. The number of para-hydroxylation sites is 1. The Labute approximate surface area is 179 Å². The number of carbonyl (C=O) groups is 1. The van der Waals surface area contributed by atoms with Crippen molar-refractivity contribution in [3.63, 3.8) is 0 Å². The quantitative estimate of drug-likeness (QED) is 0.422. The molecule has 0 bridgehead atoms. The first-order valence-corrected chi connectivity index (χ1v) is 9.30. The number of halogens is 4. The molecule has 0 aliphatic carbocycles. The first-order valence-electron chi connectivity index (χ1n) is 9.30. The summed E-state index contributed by atoms with van der Waals surface area (Å²) in [7, 11) is 0. The number of benzene rings is 2. The summed E-state index contributed by atoms with van der Waals surface area (Å²) in [5.41, 5.74) is 0.999. The SMILES string of the molecule is O=C(COc1ccccc1)Nc1nc2ccc(F)cn2c1-c1ccc(OC(F)(F)F)cc1. The number of ether oxygens (including phenoxy) is 2. The lowest BCUT2D eigenvalue weighted by molar-refractivity contribution is -0.274. The number of hydrogen-bond acceptors (Lipinski definition) is 4. The molecule has 164 valence electrons. The van der Waals surface area contributed by atoms with Crippen LogP contribution in [-0.4, -0.2) is 28.3 Å². The van der Waals surface area contributed by atoms with Crippen LogP contribution in [0.1, 0.15) is 0 Å². The summed E-state index contributed by atoms with van der Waals surface area (Å²) in [6, 6.07) is 16.3. The molecule has 0 radical (unpaired) electrons. The monoisotopic (exact) mass is 445 g/mol. The van der Waals surface area contributed by atoms with E-state index in [0.29, 0.717) is 17.0 Å². The van der Waals surface area contributed by atoms with Crippen LogP contribution in [0.3, 0.4) is 0 Å². The van der Waals surface area contributed by atoms with Gasteiger partial charge in [0, 0.05) is 11.8 Å². The van der Waals surface area contributed by atoms with Gasteiger partial charge in [0.1, 0.15) is 23.0 Å². The molecular weight excluding hydrogens is 430 g/mol. The van der Waals surface area contributed by atoms with Gasteiger partial charge in [0.2, 0.25) is 0 Å². The van der Waals surface area contributed by atoms with Crippen LogP contribution in [0, 0.1) is 5.82 Å². The summed E-state index contributed by atoms with van der Waals surface area (Å²) in [5.74, 6) is -0.889. The van der Waals surface area contributed by atoms with Gasteiger partial charge < -0.3 is 14.8 Å². The highest BCUT2D eigenvalue weighted by Gasteiger charge is 2.31. The molecule has 0 saturated heterocycles. The molecule has 1 amide bonds. The minimum Gasteiger partial charge on any atom is -0.484 e. The number of rotatable bonds is 6. The molecule has 6 nitrogen and oxygen atoms in total. The van der Waals surface area contributed by atoms with Gasteiger partial charge in [-0.15, -0.1) is 13.2 Å². The fourth-order valence-corrected chi connectivity index (χ4v) is 3.03. The third kappa shape index (κ3) is 4.97. The maximum absolute atomic E-state index is 13.9. The van der Waals surface area contributed by atoms with E-state index in [0.717, 1.165) is 18.3 Å². The second-order valence-corrected chi connectivity index (χ2v) is 6.61. The van der Waals surface area contributed by atoms with Gasteiger partial charge in [0.05, 0.1) is 5.69 Å². The van der Waals surface area contributed by atoms with Crippen LogP contribution in [-0.2, 0) is 4.79 Å². The molecule has 32 heavy (non-hydrogen) atoms. The lowest BCUT2D eigenvalue weighted by Crippen LogP contribution is -2.20. The number of amides is 1. The van der Waals surface area contributed by atoms with Gasteiger partial charge in [0.15, 0.2) is 12.4 Å². The molecule has 2 heterocycles. The topological polar surface area (TPSA) is 64.9 Å². The molecule has 4 rings (SSSR count). The molecular formula is C22H15F4N3O3. The predicted molar refractivity (Wildman–Crippen MR) is 108 cm³/mol. The number of imidazole rings is 1. The van der Waals surface area contributed by atoms with Gasteiger partial charge >= 0.3 is 6.36 Å². The van der Waals surface area contributed by atoms with E-state index in [2.05, 4.69) is 15.0 Å². The third-order valence-corrected chi connectivity index (χ3v) is 4.31.